The standard InChI is InChI=1S/C14H19N3/c1-3-5-10-15-11-14-16-12-8-6-7-9-13(12)17(14)4-2/h3,6-9,15H,1,4-5,10-11H2,2H3. The molecular formula is C14H19N3. The summed E-state index contributed by atoms with van der Waals surface area (Å²) in [6, 6.07) is 8.28. The number of nitrogens with zero attached hydrogens (tertiary/aromatic N) is 2. The smallest absolute Gasteiger partial charge is 0.123 e. The molecule has 0 atom stereocenters. The molecule has 0 aliphatic heterocycles. The van der Waals surface area contributed by atoms with E-state index in [2.05, 4.69) is 46.6 Å². The first kappa shape index (κ1) is 11.9. The Balaban J connectivity index is 2.18. The zero-order chi connectivity index (χ0) is 12.1. The summed E-state index contributed by atoms with van der Waals surface area (Å²) in [6.45, 7) is 8.59. The van der Waals surface area contributed by atoms with Crippen molar-refractivity contribution < 1.29 is 0 Å². The van der Waals surface area contributed by atoms with Gasteiger partial charge in [0.1, 0.15) is 5.82 Å². The number of imidazole rings is 1. The summed E-state index contributed by atoms with van der Waals surface area (Å²) in [6.07, 6.45) is 2.92. The van der Waals surface area contributed by atoms with Crippen LogP contribution in [-0.2, 0) is 13.1 Å². The first-order valence-corrected chi connectivity index (χ1v) is 6.12. The SMILES string of the molecule is C=CCCNCc1nc2ccccc2n1CC. The highest BCUT2D eigenvalue weighted by Crippen LogP contribution is 2.15. The highest BCUT2D eigenvalue weighted by atomic mass is 15.1. The van der Waals surface area contributed by atoms with Gasteiger partial charge in [0.15, 0.2) is 0 Å². The number of aryl methyl sites for hydroxylation is 1. The van der Waals surface area contributed by atoms with Gasteiger partial charge in [-0.25, -0.2) is 4.98 Å². The molecule has 0 saturated heterocycles. The molecule has 1 heterocycles. The number of fused-ring (bicyclic) bond motifs is 1. The van der Waals surface area contributed by atoms with Crippen molar-refractivity contribution in [3.63, 3.8) is 0 Å². The number of para-hydroxylation sites is 2. The second kappa shape index (κ2) is 5.64. The average Bonchev–Trinajstić information content (AvgIpc) is 2.72. The quantitative estimate of drug-likeness (QED) is 0.609. The first-order valence-electron chi connectivity index (χ1n) is 6.12. The highest BCUT2D eigenvalue weighted by molar-refractivity contribution is 5.75. The Morgan fingerprint density at radius 1 is 1.41 bits per heavy atom. The maximum absolute atomic E-state index is 4.66. The molecule has 1 N–H and O–H groups in total. The molecule has 3 heteroatoms. The van der Waals surface area contributed by atoms with Crippen molar-refractivity contribution in [2.75, 3.05) is 6.54 Å². The molecule has 2 aromatic rings. The Hall–Kier alpha value is -1.61. The Kier molecular flexibility index (Phi) is 3.94. The Bertz CT molecular complexity index is 499. The van der Waals surface area contributed by atoms with Crippen LogP contribution in [0.2, 0.25) is 0 Å². The molecule has 90 valence electrons. The number of benzene rings is 1. The van der Waals surface area contributed by atoms with Crippen LogP contribution in [0.4, 0.5) is 0 Å². The van der Waals surface area contributed by atoms with E-state index in [0.29, 0.717) is 0 Å². The molecular weight excluding hydrogens is 210 g/mol. The third-order valence-corrected chi connectivity index (χ3v) is 2.86. The fourth-order valence-corrected chi connectivity index (χ4v) is 2.02. The summed E-state index contributed by atoms with van der Waals surface area (Å²) in [5.74, 6) is 1.11. The Labute approximate surface area is 102 Å². The van der Waals surface area contributed by atoms with Crippen molar-refractivity contribution in [1.82, 2.24) is 14.9 Å². The second-order valence-corrected chi connectivity index (χ2v) is 4.02. The largest absolute Gasteiger partial charge is 0.327 e. The normalized spacial score (nSPS) is 10.9. The fraction of sp³-hybridized carbons (Fsp3) is 0.357. The monoisotopic (exact) mass is 229 g/mol. The summed E-state index contributed by atoms with van der Waals surface area (Å²) in [5.41, 5.74) is 2.30. The summed E-state index contributed by atoms with van der Waals surface area (Å²) in [5, 5.41) is 3.38. The number of rotatable bonds is 6. The van der Waals surface area contributed by atoms with Gasteiger partial charge in [0.2, 0.25) is 0 Å². The predicted octanol–water partition coefficient (Wildman–Crippen LogP) is 2.72. The molecule has 0 spiro atoms. The summed E-state index contributed by atoms with van der Waals surface area (Å²) in [7, 11) is 0. The number of hydrogen-bond donors (Lipinski definition) is 1. The third-order valence-electron chi connectivity index (χ3n) is 2.86. The van der Waals surface area contributed by atoms with Gasteiger partial charge in [0.25, 0.3) is 0 Å². The van der Waals surface area contributed by atoms with Crippen LogP contribution >= 0.6 is 0 Å². The van der Waals surface area contributed by atoms with E-state index in [-0.39, 0.29) is 0 Å². The van der Waals surface area contributed by atoms with Crippen LogP contribution in [0.15, 0.2) is 36.9 Å². The Morgan fingerprint density at radius 3 is 3.00 bits per heavy atom. The van der Waals surface area contributed by atoms with Gasteiger partial charge in [-0.3, -0.25) is 0 Å². The van der Waals surface area contributed by atoms with Crippen LogP contribution in [0.5, 0.6) is 0 Å². The van der Waals surface area contributed by atoms with Crippen molar-refractivity contribution >= 4 is 11.0 Å². The number of hydrogen-bond acceptors (Lipinski definition) is 2. The lowest BCUT2D eigenvalue weighted by molar-refractivity contribution is 0.624. The molecule has 0 saturated carbocycles. The van der Waals surface area contributed by atoms with Crippen LogP contribution < -0.4 is 5.32 Å². The van der Waals surface area contributed by atoms with Gasteiger partial charge in [-0.15, -0.1) is 6.58 Å². The van der Waals surface area contributed by atoms with Gasteiger partial charge in [-0.2, -0.15) is 0 Å². The fourth-order valence-electron chi connectivity index (χ4n) is 2.02. The van der Waals surface area contributed by atoms with Crippen LogP contribution in [0.1, 0.15) is 19.2 Å². The minimum Gasteiger partial charge on any atom is -0.327 e. The molecule has 1 aromatic carbocycles. The molecule has 0 unspecified atom stereocenters. The molecule has 0 aliphatic rings. The van der Waals surface area contributed by atoms with E-state index in [1.54, 1.807) is 0 Å². The van der Waals surface area contributed by atoms with Gasteiger partial charge in [0.05, 0.1) is 17.6 Å². The molecule has 0 bridgehead atoms. The average molecular weight is 229 g/mol. The van der Waals surface area contributed by atoms with Crippen molar-refractivity contribution in [1.29, 1.82) is 0 Å². The van der Waals surface area contributed by atoms with E-state index in [9.17, 15) is 0 Å². The molecule has 0 fully saturated rings. The summed E-state index contributed by atoms with van der Waals surface area (Å²) >= 11 is 0. The maximum Gasteiger partial charge on any atom is 0.123 e. The van der Waals surface area contributed by atoms with E-state index in [1.165, 1.54) is 5.52 Å². The Morgan fingerprint density at radius 2 is 2.24 bits per heavy atom. The predicted molar refractivity (Wildman–Crippen MR) is 71.9 cm³/mol. The summed E-state index contributed by atoms with van der Waals surface area (Å²) in [4.78, 5) is 4.66. The molecule has 2 rings (SSSR count). The lowest BCUT2D eigenvalue weighted by Crippen LogP contribution is -2.17. The van der Waals surface area contributed by atoms with E-state index < -0.39 is 0 Å². The number of nitrogens with one attached hydrogen (secondary N) is 1. The van der Waals surface area contributed by atoms with Gasteiger partial charge in [-0.1, -0.05) is 18.2 Å². The minimum absolute atomic E-state index is 0.816. The van der Waals surface area contributed by atoms with E-state index in [4.69, 9.17) is 0 Å². The van der Waals surface area contributed by atoms with Gasteiger partial charge in [0, 0.05) is 6.54 Å². The maximum atomic E-state index is 4.66. The third kappa shape index (κ3) is 2.56. The molecule has 0 aliphatic carbocycles. The van der Waals surface area contributed by atoms with Crippen molar-refractivity contribution in [3.05, 3.63) is 42.7 Å². The van der Waals surface area contributed by atoms with E-state index in [0.717, 1.165) is 37.4 Å². The minimum atomic E-state index is 0.816. The zero-order valence-corrected chi connectivity index (χ0v) is 10.3. The topological polar surface area (TPSA) is 29.9 Å². The lowest BCUT2D eigenvalue weighted by atomic mass is 10.3. The van der Waals surface area contributed by atoms with Crippen LogP contribution in [-0.4, -0.2) is 16.1 Å². The van der Waals surface area contributed by atoms with Crippen molar-refractivity contribution in [3.8, 4) is 0 Å². The summed E-state index contributed by atoms with van der Waals surface area (Å²) < 4.78 is 2.26. The zero-order valence-electron chi connectivity index (χ0n) is 10.3. The first-order chi connectivity index (χ1) is 8.36. The second-order valence-electron chi connectivity index (χ2n) is 4.02. The lowest BCUT2D eigenvalue weighted by Gasteiger charge is -2.06. The van der Waals surface area contributed by atoms with Gasteiger partial charge < -0.3 is 9.88 Å². The molecule has 1 aromatic heterocycles. The number of aromatic nitrogens is 2. The van der Waals surface area contributed by atoms with Crippen LogP contribution in [0.25, 0.3) is 11.0 Å². The van der Waals surface area contributed by atoms with E-state index in [1.807, 2.05) is 12.1 Å². The van der Waals surface area contributed by atoms with E-state index >= 15 is 0 Å². The van der Waals surface area contributed by atoms with Crippen molar-refractivity contribution in [2.45, 2.75) is 26.4 Å². The highest BCUT2D eigenvalue weighted by Gasteiger charge is 2.07. The van der Waals surface area contributed by atoms with Gasteiger partial charge >= 0.3 is 0 Å². The van der Waals surface area contributed by atoms with Crippen LogP contribution in [0.3, 0.4) is 0 Å². The van der Waals surface area contributed by atoms with Crippen molar-refractivity contribution in [2.24, 2.45) is 0 Å². The molecule has 0 radical (unpaired) electrons. The molecule has 17 heavy (non-hydrogen) atoms. The van der Waals surface area contributed by atoms with Gasteiger partial charge in [-0.05, 0) is 32.0 Å². The van der Waals surface area contributed by atoms with Crippen LogP contribution in [0, 0.1) is 0 Å². The molecule has 0 amide bonds. The molecule has 3 nitrogen and oxygen atoms in total.